The Morgan fingerprint density at radius 2 is 1.27 bits per heavy atom. The topological polar surface area (TPSA) is 107 Å². The van der Waals surface area contributed by atoms with E-state index >= 15 is 0 Å². The second kappa shape index (κ2) is 15.1. The molecule has 4 aromatic rings. The molecular formula is C36H52N6O3. The molecule has 2 amide bonds. The third-order valence-electron chi connectivity index (χ3n) is 8.35. The fourth-order valence-electron chi connectivity index (χ4n) is 6.00. The van der Waals surface area contributed by atoms with Crippen molar-refractivity contribution in [2.24, 2.45) is 0 Å². The average Bonchev–Trinajstić information content (AvgIpc) is 3.87. The first-order valence-corrected chi connectivity index (χ1v) is 16.2. The lowest BCUT2D eigenvalue weighted by Crippen LogP contribution is -2.34. The molecule has 2 N–H and O–H groups in total. The third-order valence-corrected chi connectivity index (χ3v) is 8.35. The van der Waals surface area contributed by atoms with Crippen LogP contribution in [-0.4, -0.2) is 73.0 Å². The summed E-state index contributed by atoms with van der Waals surface area (Å²) in [4.78, 5) is 41.0. The Morgan fingerprint density at radius 1 is 0.756 bits per heavy atom. The Bertz CT molecular complexity index is 1410. The maximum absolute atomic E-state index is 11.4. The fraction of sp³-hybridized carbons (Fsp3) is 0.444. The summed E-state index contributed by atoms with van der Waals surface area (Å²) in [6, 6.07) is 17.5. The third kappa shape index (κ3) is 9.06. The van der Waals surface area contributed by atoms with Gasteiger partial charge in [-0.3, -0.25) is 4.79 Å². The zero-order chi connectivity index (χ0) is 31.6. The van der Waals surface area contributed by atoms with Gasteiger partial charge >= 0.3 is 6.09 Å². The zero-order valence-corrected chi connectivity index (χ0v) is 26.8. The second-order valence-corrected chi connectivity index (χ2v) is 12.9. The van der Waals surface area contributed by atoms with Gasteiger partial charge in [-0.15, -0.1) is 0 Å². The maximum atomic E-state index is 11.4. The summed E-state index contributed by atoms with van der Waals surface area (Å²) in [6.07, 6.45) is 16.0. The molecule has 9 nitrogen and oxygen atoms in total. The van der Waals surface area contributed by atoms with Gasteiger partial charge < -0.3 is 24.5 Å². The molecule has 5 heterocycles. The fourth-order valence-corrected chi connectivity index (χ4v) is 6.00. The zero-order valence-electron chi connectivity index (χ0n) is 26.8. The quantitative estimate of drug-likeness (QED) is 0.240. The number of aromatic nitrogens is 4. The van der Waals surface area contributed by atoms with Gasteiger partial charge in [-0.2, -0.15) is 0 Å². The van der Waals surface area contributed by atoms with E-state index in [-0.39, 0.29) is 16.0 Å². The molecule has 0 spiro atoms. The molecule has 3 fully saturated rings. The second-order valence-electron chi connectivity index (χ2n) is 12.9. The number of benzene rings is 2. The van der Waals surface area contributed by atoms with Crippen LogP contribution in [-0.2, 0) is 9.53 Å². The van der Waals surface area contributed by atoms with E-state index in [9.17, 15) is 9.59 Å². The van der Waals surface area contributed by atoms with Crippen molar-refractivity contribution in [3.8, 4) is 33.6 Å². The number of rotatable bonds is 3. The minimum Gasteiger partial charge on any atom is -0.444 e. The van der Waals surface area contributed by atoms with Crippen LogP contribution in [0, 0.1) is 0 Å². The molecule has 0 aliphatic carbocycles. The number of H-pyrrole nitrogens is 2. The number of hydrogen-bond acceptors (Lipinski definition) is 5. The van der Waals surface area contributed by atoms with Gasteiger partial charge in [0.1, 0.15) is 5.60 Å². The lowest BCUT2D eigenvalue weighted by molar-refractivity contribution is -0.131. The monoisotopic (exact) mass is 616 g/mol. The molecule has 0 saturated carbocycles. The summed E-state index contributed by atoms with van der Waals surface area (Å²) in [5, 5.41) is 0. The molecule has 2 aromatic carbocycles. The molecule has 3 aliphatic heterocycles. The highest BCUT2D eigenvalue weighted by atomic mass is 16.6. The number of nitrogens with one attached hydrogen (secondary N) is 2. The highest BCUT2D eigenvalue weighted by molar-refractivity contribution is 5.77. The van der Waals surface area contributed by atoms with Crippen LogP contribution in [0.3, 0.4) is 0 Å². The summed E-state index contributed by atoms with van der Waals surface area (Å²) in [6.45, 7) is 8.41. The van der Waals surface area contributed by atoms with Gasteiger partial charge in [0, 0.05) is 36.4 Å². The Morgan fingerprint density at radius 3 is 1.76 bits per heavy atom. The van der Waals surface area contributed by atoms with Gasteiger partial charge in [-0.05, 0) is 81.5 Å². The molecule has 3 saturated heterocycles. The molecule has 7 rings (SSSR count). The van der Waals surface area contributed by atoms with E-state index in [1.54, 1.807) is 17.6 Å². The van der Waals surface area contributed by atoms with Crippen molar-refractivity contribution in [3.05, 3.63) is 73.6 Å². The van der Waals surface area contributed by atoms with Crippen LogP contribution < -0.4 is 0 Å². The number of hydrogen-bond donors (Lipinski definition) is 2. The van der Waals surface area contributed by atoms with Crippen LogP contribution in [0.2, 0.25) is 0 Å². The van der Waals surface area contributed by atoms with Gasteiger partial charge in [0.15, 0.2) is 0 Å². The van der Waals surface area contributed by atoms with Crippen LogP contribution in [0.15, 0.2) is 73.6 Å². The number of imidazole rings is 2. The number of ether oxygens (including phenoxy) is 1. The van der Waals surface area contributed by atoms with Crippen molar-refractivity contribution in [2.75, 3.05) is 19.6 Å². The van der Waals surface area contributed by atoms with E-state index in [0.29, 0.717) is 11.9 Å². The van der Waals surface area contributed by atoms with Crippen molar-refractivity contribution in [2.45, 2.75) is 83.8 Å². The molecule has 9 heteroatoms. The van der Waals surface area contributed by atoms with E-state index in [1.807, 2.05) is 33.2 Å². The molecular weight excluding hydrogens is 564 g/mol. The Labute approximate surface area is 270 Å². The van der Waals surface area contributed by atoms with E-state index < -0.39 is 0 Å². The molecule has 2 aromatic heterocycles. The highest BCUT2D eigenvalue weighted by Crippen LogP contribution is 2.27. The predicted octanol–water partition coefficient (Wildman–Crippen LogP) is 8.44. The first-order valence-electron chi connectivity index (χ1n) is 16.2. The number of likely N-dealkylation sites (tertiary alicyclic amines) is 1. The van der Waals surface area contributed by atoms with Crippen LogP contribution in [0.1, 0.15) is 76.4 Å². The van der Waals surface area contributed by atoms with Crippen molar-refractivity contribution >= 4 is 12.0 Å². The number of nitrogens with zero attached hydrogens (tertiary/aromatic N) is 4. The Balaban J connectivity index is 0.000000264. The van der Waals surface area contributed by atoms with Crippen molar-refractivity contribution in [1.82, 2.24) is 29.7 Å². The van der Waals surface area contributed by atoms with Crippen molar-refractivity contribution in [1.29, 1.82) is 0 Å². The van der Waals surface area contributed by atoms with E-state index in [4.69, 9.17) is 4.74 Å². The minimum absolute atomic E-state index is 0. The lowest BCUT2D eigenvalue weighted by atomic mass is 10.0. The van der Waals surface area contributed by atoms with E-state index in [2.05, 4.69) is 73.4 Å². The van der Waals surface area contributed by atoms with E-state index in [0.717, 1.165) is 67.8 Å². The number of carbonyl (C=O) groups excluding carboxylic acids is 2. The normalized spacial score (nSPS) is 17.8. The minimum atomic E-state index is -0.361. The molecule has 45 heavy (non-hydrogen) atoms. The molecule has 0 bridgehead atoms. The SMILES string of the molecule is CC(C)(C)OC(=O)N1CCCC1.O=C1CCCCC2CCCN12.[HH].[HH].[HH].c1ncc(-c2ccc(-c3ccc(-c4cnc[nH]4)cc3)cc2)[nH]1. The number of amides is 2. The number of carbonyl (C=O) groups is 2. The first kappa shape index (κ1) is 32.0. The summed E-state index contributed by atoms with van der Waals surface area (Å²) in [5.41, 5.74) is 6.35. The van der Waals surface area contributed by atoms with Crippen LogP contribution >= 0.6 is 0 Å². The Hall–Kier alpha value is -4.40. The molecule has 244 valence electrons. The largest absolute Gasteiger partial charge is 0.444 e. The van der Waals surface area contributed by atoms with Gasteiger partial charge in [0.05, 0.1) is 36.4 Å². The van der Waals surface area contributed by atoms with Crippen LogP contribution in [0.4, 0.5) is 4.79 Å². The molecule has 0 radical (unpaired) electrons. The molecule has 1 atom stereocenters. The van der Waals surface area contributed by atoms with Gasteiger partial charge in [-0.25, -0.2) is 14.8 Å². The predicted molar refractivity (Wildman–Crippen MR) is 184 cm³/mol. The van der Waals surface area contributed by atoms with Crippen molar-refractivity contribution in [3.63, 3.8) is 0 Å². The number of fused-ring (bicyclic) bond motifs is 1. The van der Waals surface area contributed by atoms with Gasteiger partial charge in [-0.1, -0.05) is 55.0 Å². The highest BCUT2D eigenvalue weighted by Gasteiger charge is 2.29. The van der Waals surface area contributed by atoms with Gasteiger partial charge in [0.2, 0.25) is 5.91 Å². The van der Waals surface area contributed by atoms with Crippen LogP contribution in [0.25, 0.3) is 33.6 Å². The molecule has 3 aliphatic rings. The summed E-state index contributed by atoms with van der Waals surface area (Å²) in [7, 11) is 0. The molecule has 1 unspecified atom stereocenters. The number of aromatic amines is 2. The average molecular weight is 617 g/mol. The smallest absolute Gasteiger partial charge is 0.410 e. The van der Waals surface area contributed by atoms with Gasteiger partial charge in [0.25, 0.3) is 0 Å². The maximum Gasteiger partial charge on any atom is 0.410 e. The standard InChI is InChI=1S/C18H14N4.C9H17NO2.C9H15NO.3H2/c1-5-15(17-9-19-11-21-17)6-2-13(1)14-3-7-16(8-4-14)18-10-20-12-22-18;1-9(2,3)12-8(11)10-6-4-5-7-10;11-9-6-2-1-4-8-5-3-7-10(8)9;;;/h1-12H,(H,19,21)(H,20,22);4-7H2,1-3H3;8H,1-7H2;3*1H. The lowest BCUT2D eigenvalue weighted by Gasteiger charge is -2.23. The summed E-state index contributed by atoms with van der Waals surface area (Å²) in [5.74, 6) is 0.407. The first-order chi connectivity index (χ1) is 21.8. The summed E-state index contributed by atoms with van der Waals surface area (Å²) < 4.78 is 5.21. The van der Waals surface area contributed by atoms with E-state index in [1.165, 1.54) is 36.8 Å². The van der Waals surface area contributed by atoms with Crippen molar-refractivity contribution < 1.29 is 18.6 Å². The summed E-state index contributed by atoms with van der Waals surface area (Å²) >= 11 is 0. The van der Waals surface area contributed by atoms with Crippen LogP contribution in [0.5, 0.6) is 0 Å². The Kier molecular flexibility index (Phi) is 10.7.